The standard InChI is InChI=1S/C16H28N4O2/c1-5-20-14(8-9-17-20)12-19-10-6-7-13(11-19)18-15(21)22-16(2,3)4/h8-9,13H,5-7,10-12H2,1-4H3,(H,18,21)/t13-/m1/s1. The van der Waals surface area contributed by atoms with E-state index in [4.69, 9.17) is 4.74 Å². The Bertz CT molecular complexity index is 493. The van der Waals surface area contributed by atoms with Crippen molar-refractivity contribution in [2.45, 2.75) is 65.3 Å². The third-order valence-corrected chi connectivity index (χ3v) is 3.72. The van der Waals surface area contributed by atoms with Gasteiger partial charge in [-0.2, -0.15) is 5.10 Å². The molecule has 1 aliphatic rings. The number of nitrogens with one attached hydrogen (secondary N) is 1. The van der Waals surface area contributed by atoms with Crippen LogP contribution in [0.4, 0.5) is 4.79 Å². The number of carbonyl (C=O) groups is 1. The monoisotopic (exact) mass is 308 g/mol. The van der Waals surface area contributed by atoms with Crippen LogP contribution in [0.15, 0.2) is 12.3 Å². The Morgan fingerprint density at radius 2 is 2.27 bits per heavy atom. The zero-order valence-electron chi connectivity index (χ0n) is 14.1. The Hall–Kier alpha value is -1.56. The number of aromatic nitrogens is 2. The number of rotatable bonds is 4. The van der Waals surface area contributed by atoms with Crippen molar-refractivity contribution in [3.8, 4) is 0 Å². The molecule has 0 radical (unpaired) electrons. The lowest BCUT2D eigenvalue weighted by atomic mass is 10.1. The summed E-state index contributed by atoms with van der Waals surface area (Å²) >= 11 is 0. The van der Waals surface area contributed by atoms with Crippen LogP contribution in [-0.2, 0) is 17.8 Å². The molecule has 0 saturated carbocycles. The van der Waals surface area contributed by atoms with Crippen LogP contribution < -0.4 is 5.32 Å². The van der Waals surface area contributed by atoms with Crippen LogP contribution in [-0.4, -0.2) is 45.5 Å². The van der Waals surface area contributed by atoms with Gasteiger partial charge in [-0.05, 0) is 53.1 Å². The van der Waals surface area contributed by atoms with Crippen molar-refractivity contribution < 1.29 is 9.53 Å². The second kappa shape index (κ2) is 7.13. The summed E-state index contributed by atoms with van der Waals surface area (Å²) in [5.41, 5.74) is 0.770. The van der Waals surface area contributed by atoms with E-state index in [1.54, 1.807) is 0 Å². The predicted molar refractivity (Wildman–Crippen MR) is 85.6 cm³/mol. The highest BCUT2D eigenvalue weighted by Crippen LogP contribution is 2.15. The number of nitrogens with zero attached hydrogens (tertiary/aromatic N) is 3. The largest absolute Gasteiger partial charge is 0.444 e. The summed E-state index contributed by atoms with van der Waals surface area (Å²) in [7, 11) is 0. The minimum atomic E-state index is -0.452. The van der Waals surface area contributed by atoms with Crippen LogP contribution in [0.25, 0.3) is 0 Å². The van der Waals surface area contributed by atoms with E-state index < -0.39 is 5.60 Å². The minimum absolute atomic E-state index is 0.154. The van der Waals surface area contributed by atoms with Gasteiger partial charge in [0.1, 0.15) is 5.60 Å². The molecule has 1 fully saturated rings. The van der Waals surface area contributed by atoms with Crippen molar-refractivity contribution in [1.82, 2.24) is 20.0 Å². The number of piperidine rings is 1. The molecular weight excluding hydrogens is 280 g/mol. The van der Waals surface area contributed by atoms with Crippen molar-refractivity contribution in [3.63, 3.8) is 0 Å². The molecule has 0 bridgehead atoms. The van der Waals surface area contributed by atoms with Gasteiger partial charge in [0, 0.05) is 31.9 Å². The van der Waals surface area contributed by atoms with Crippen molar-refractivity contribution in [1.29, 1.82) is 0 Å². The lowest BCUT2D eigenvalue weighted by Crippen LogP contribution is -2.48. The summed E-state index contributed by atoms with van der Waals surface area (Å²) in [4.78, 5) is 14.3. The summed E-state index contributed by atoms with van der Waals surface area (Å²) in [5, 5.41) is 7.30. The van der Waals surface area contributed by atoms with E-state index in [-0.39, 0.29) is 12.1 Å². The van der Waals surface area contributed by atoms with E-state index in [0.717, 1.165) is 39.0 Å². The van der Waals surface area contributed by atoms with E-state index in [1.165, 1.54) is 5.69 Å². The Balaban J connectivity index is 1.85. The van der Waals surface area contributed by atoms with Gasteiger partial charge in [0.25, 0.3) is 0 Å². The molecule has 2 rings (SSSR count). The average Bonchev–Trinajstić information content (AvgIpc) is 2.84. The third-order valence-electron chi connectivity index (χ3n) is 3.72. The van der Waals surface area contributed by atoms with Gasteiger partial charge in [-0.3, -0.25) is 9.58 Å². The molecule has 1 aliphatic heterocycles. The highest BCUT2D eigenvalue weighted by Gasteiger charge is 2.24. The highest BCUT2D eigenvalue weighted by molar-refractivity contribution is 5.68. The highest BCUT2D eigenvalue weighted by atomic mass is 16.6. The maximum atomic E-state index is 11.9. The smallest absolute Gasteiger partial charge is 0.407 e. The first-order chi connectivity index (χ1) is 10.4. The molecule has 0 unspecified atom stereocenters. The summed E-state index contributed by atoms with van der Waals surface area (Å²) in [6.45, 7) is 11.4. The van der Waals surface area contributed by atoms with Gasteiger partial charge in [0.2, 0.25) is 0 Å². The van der Waals surface area contributed by atoms with E-state index in [0.29, 0.717) is 0 Å². The van der Waals surface area contributed by atoms with Crippen molar-refractivity contribution >= 4 is 6.09 Å². The molecule has 6 nitrogen and oxygen atoms in total. The Kier molecular flexibility index (Phi) is 5.45. The Morgan fingerprint density at radius 3 is 2.95 bits per heavy atom. The fourth-order valence-corrected chi connectivity index (χ4v) is 2.80. The Morgan fingerprint density at radius 1 is 1.50 bits per heavy atom. The summed E-state index contributed by atoms with van der Waals surface area (Å²) < 4.78 is 7.35. The lowest BCUT2D eigenvalue weighted by Gasteiger charge is -2.33. The van der Waals surface area contributed by atoms with E-state index in [1.807, 2.05) is 31.6 Å². The lowest BCUT2D eigenvalue weighted by molar-refractivity contribution is 0.0469. The average molecular weight is 308 g/mol. The molecule has 124 valence electrons. The van der Waals surface area contributed by atoms with Crippen LogP contribution in [0.2, 0.25) is 0 Å². The van der Waals surface area contributed by atoms with Gasteiger partial charge >= 0.3 is 6.09 Å². The number of hydrogen-bond donors (Lipinski definition) is 1. The first-order valence-electron chi connectivity index (χ1n) is 8.10. The van der Waals surface area contributed by atoms with Crippen molar-refractivity contribution in [3.05, 3.63) is 18.0 Å². The van der Waals surface area contributed by atoms with E-state index in [2.05, 4.69) is 28.3 Å². The second-order valence-corrected chi connectivity index (χ2v) is 6.86. The first-order valence-corrected chi connectivity index (χ1v) is 8.10. The van der Waals surface area contributed by atoms with Crippen LogP contribution in [0.3, 0.4) is 0 Å². The summed E-state index contributed by atoms with van der Waals surface area (Å²) in [6.07, 6.45) is 3.61. The topological polar surface area (TPSA) is 59.4 Å². The number of alkyl carbamates (subject to hydrolysis) is 1. The maximum Gasteiger partial charge on any atom is 0.407 e. The molecule has 1 amide bonds. The molecule has 0 spiro atoms. The van der Waals surface area contributed by atoms with Gasteiger partial charge in [0.15, 0.2) is 0 Å². The molecule has 6 heteroatoms. The first kappa shape index (κ1) is 16.8. The van der Waals surface area contributed by atoms with E-state index in [9.17, 15) is 4.79 Å². The van der Waals surface area contributed by atoms with Crippen molar-refractivity contribution in [2.24, 2.45) is 0 Å². The van der Waals surface area contributed by atoms with Gasteiger partial charge in [-0.15, -0.1) is 0 Å². The predicted octanol–water partition coefficient (Wildman–Crippen LogP) is 2.39. The normalized spacial score (nSPS) is 19.9. The SMILES string of the molecule is CCn1nccc1CN1CCC[C@@H](NC(=O)OC(C)(C)C)C1. The van der Waals surface area contributed by atoms with Gasteiger partial charge in [-0.1, -0.05) is 0 Å². The molecule has 1 aromatic heterocycles. The van der Waals surface area contributed by atoms with Gasteiger partial charge in [0.05, 0.1) is 5.69 Å². The van der Waals surface area contributed by atoms with Crippen LogP contribution in [0.1, 0.15) is 46.2 Å². The number of likely N-dealkylation sites (tertiary alicyclic amines) is 1. The number of carbonyl (C=O) groups excluding carboxylic acids is 1. The van der Waals surface area contributed by atoms with Crippen LogP contribution in [0, 0.1) is 0 Å². The zero-order chi connectivity index (χ0) is 16.2. The molecule has 1 saturated heterocycles. The quantitative estimate of drug-likeness (QED) is 0.928. The fraction of sp³-hybridized carbons (Fsp3) is 0.750. The van der Waals surface area contributed by atoms with Crippen LogP contribution >= 0.6 is 0 Å². The maximum absolute atomic E-state index is 11.9. The second-order valence-electron chi connectivity index (χ2n) is 6.86. The number of amides is 1. The van der Waals surface area contributed by atoms with Crippen LogP contribution in [0.5, 0.6) is 0 Å². The molecule has 1 aromatic rings. The third kappa shape index (κ3) is 5.02. The van der Waals surface area contributed by atoms with Gasteiger partial charge in [-0.25, -0.2) is 4.79 Å². The molecule has 0 aromatic carbocycles. The number of aryl methyl sites for hydroxylation is 1. The zero-order valence-corrected chi connectivity index (χ0v) is 14.1. The minimum Gasteiger partial charge on any atom is -0.444 e. The molecule has 1 atom stereocenters. The number of hydrogen-bond acceptors (Lipinski definition) is 4. The molecule has 1 N–H and O–H groups in total. The summed E-state index contributed by atoms with van der Waals surface area (Å²) in [6, 6.07) is 2.22. The molecule has 2 heterocycles. The number of ether oxygens (including phenoxy) is 1. The van der Waals surface area contributed by atoms with Crippen molar-refractivity contribution in [2.75, 3.05) is 13.1 Å². The Labute approximate surface area is 132 Å². The molecule has 22 heavy (non-hydrogen) atoms. The van der Waals surface area contributed by atoms with Gasteiger partial charge < -0.3 is 10.1 Å². The summed E-state index contributed by atoms with van der Waals surface area (Å²) in [5.74, 6) is 0. The van der Waals surface area contributed by atoms with E-state index >= 15 is 0 Å². The molecular formula is C16H28N4O2. The molecule has 0 aliphatic carbocycles. The fourth-order valence-electron chi connectivity index (χ4n) is 2.80.